The lowest BCUT2D eigenvalue weighted by atomic mass is 9.95. The molecule has 2 atom stereocenters. The number of amides is 1. The lowest BCUT2D eigenvalue weighted by Crippen LogP contribution is -2.50. The van der Waals surface area contributed by atoms with Gasteiger partial charge in [0, 0.05) is 6.04 Å². The fourth-order valence-corrected chi connectivity index (χ4v) is 3.84. The molecule has 2 unspecified atom stereocenters. The molecule has 0 heterocycles. The van der Waals surface area contributed by atoms with Crippen molar-refractivity contribution in [3.63, 3.8) is 0 Å². The second kappa shape index (κ2) is 8.37. The highest BCUT2D eigenvalue weighted by molar-refractivity contribution is 9.12. The van der Waals surface area contributed by atoms with E-state index >= 15 is 0 Å². The van der Waals surface area contributed by atoms with E-state index in [2.05, 4.69) is 37.2 Å². The van der Waals surface area contributed by atoms with Crippen molar-refractivity contribution in [3.05, 3.63) is 0 Å². The van der Waals surface area contributed by atoms with Crippen molar-refractivity contribution in [2.45, 2.75) is 60.2 Å². The topological polar surface area (TPSA) is 46.2 Å². The molecule has 140 valence electrons. The van der Waals surface area contributed by atoms with E-state index in [0.29, 0.717) is 12.8 Å². The summed E-state index contributed by atoms with van der Waals surface area (Å²) in [5, 5.41) is 2.37. The normalized spacial score (nSPS) is 19.9. The minimum Gasteiger partial charge on any atom is -0.347 e. The molecular weight excluding hydrogens is 476 g/mol. The third kappa shape index (κ3) is 5.89. The van der Waals surface area contributed by atoms with Crippen molar-refractivity contribution in [3.8, 4) is 0 Å². The van der Waals surface area contributed by atoms with Crippen LogP contribution in [0.1, 0.15) is 32.1 Å². The van der Waals surface area contributed by atoms with Crippen LogP contribution in [0.4, 0.5) is 26.3 Å². The van der Waals surface area contributed by atoms with Crippen LogP contribution >= 0.6 is 31.9 Å². The Labute approximate surface area is 151 Å². The van der Waals surface area contributed by atoms with E-state index in [1.165, 1.54) is 0 Å². The van der Waals surface area contributed by atoms with Crippen LogP contribution in [0.5, 0.6) is 0 Å². The zero-order valence-corrected chi connectivity index (χ0v) is 15.4. The number of halogens is 8. The lowest BCUT2D eigenvalue weighted by Gasteiger charge is -2.29. The predicted octanol–water partition coefficient (Wildman–Crippen LogP) is 4.27. The molecule has 0 aromatic carbocycles. The third-order valence-electron chi connectivity index (χ3n) is 3.72. The zero-order valence-electron chi connectivity index (χ0n) is 12.2. The number of hydrogen-bond acceptors (Lipinski definition) is 2. The summed E-state index contributed by atoms with van der Waals surface area (Å²) in [6.07, 6.45) is -7.33. The van der Waals surface area contributed by atoms with E-state index in [1.807, 2.05) is 0 Å². The number of carbonyl (C=O) groups excluding carboxylic acids is 2. The van der Waals surface area contributed by atoms with Gasteiger partial charge in [0.1, 0.15) is 0 Å². The van der Waals surface area contributed by atoms with Crippen LogP contribution in [0.3, 0.4) is 0 Å². The second-order valence-corrected chi connectivity index (χ2v) is 7.62. The van der Waals surface area contributed by atoms with Gasteiger partial charge < -0.3 is 5.32 Å². The van der Waals surface area contributed by atoms with Crippen LogP contribution in [0, 0.1) is 5.92 Å². The van der Waals surface area contributed by atoms with Gasteiger partial charge in [0.2, 0.25) is 5.78 Å². The maximum absolute atomic E-state index is 12.7. The first-order valence-corrected chi connectivity index (χ1v) is 8.95. The van der Waals surface area contributed by atoms with E-state index in [4.69, 9.17) is 0 Å². The molecule has 0 saturated heterocycles. The number of rotatable bonds is 5. The van der Waals surface area contributed by atoms with Crippen LogP contribution in [-0.2, 0) is 9.59 Å². The number of Topliss-reactive ketones (excluding diaryl/α,β-unsaturated/α-hetero) is 1. The average Bonchev–Trinajstić information content (AvgIpc) is 2.43. The van der Waals surface area contributed by atoms with Crippen molar-refractivity contribution in [2.24, 2.45) is 5.92 Å². The first kappa shape index (κ1) is 21.7. The molecule has 1 aliphatic rings. The van der Waals surface area contributed by atoms with E-state index < -0.39 is 39.6 Å². The monoisotopic (exact) mass is 489 g/mol. The number of carbonyl (C=O) groups is 2. The van der Waals surface area contributed by atoms with Gasteiger partial charge in [-0.15, -0.1) is 0 Å². The summed E-state index contributed by atoms with van der Waals surface area (Å²) in [6, 6.07) is -0.287. The quantitative estimate of drug-likeness (QED) is 0.355. The third-order valence-corrected chi connectivity index (χ3v) is 6.47. The molecule has 1 saturated carbocycles. The van der Waals surface area contributed by atoms with Crippen molar-refractivity contribution >= 4 is 43.6 Å². The summed E-state index contributed by atoms with van der Waals surface area (Å²) >= 11 is 4.79. The molecule has 1 aliphatic carbocycles. The van der Waals surface area contributed by atoms with Gasteiger partial charge in [-0.2, -0.15) is 26.3 Å². The number of hydrogen-bond donors (Lipinski definition) is 1. The summed E-state index contributed by atoms with van der Waals surface area (Å²) in [7, 11) is 0. The predicted molar refractivity (Wildman–Crippen MR) is 81.1 cm³/mol. The van der Waals surface area contributed by atoms with Crippen LogP contribution in [0.25, 0.3) is 0 Å². The van der Waals surface area contributed by atoms with Gasteiger partial charge in [-0.3, -0.25) is 9.59 Å². The van der Waals surface area contributed by atoms with Crippen molar-refractivity contribution in [1.82, 2.24) is 5.32 Å². The number of nitrogens with one attached hydrogen (secondary N) is 1. The van der Waals surface area contributed by atoms with Gasteiger partial charge >= 0.3 is 12.4 Å². The van der Waals surface area contributed by atoms with Crippen molar-refractivity contribution in [1.29, 1.82) is 0 Å². The smallest absolute Gasteiger partial charge is 0.347 e. The molecule has 1 fully saturated rings. The maximum atomic E-state index is 12.7. The average molecular weight is 491 g/mol. The largest absolute Gasteiger partial charge is 0.401 e. The number of alkyl halides is 8. The Morgan fingerprint density at radius 2 is 1.38 bits per heavy atom. The molecule has 1 rings (SSSR count). The zero-order chi connectivity index (χ0) is 18.7. The van der Waals surface area contributed by atoms with E-state index in [9.17, 15) is 35.9 Å². The fraction of sp³-hybridized carbons (Fsp3) is 0.846. The highest BCUT2D eigenvalue weighted by atomic mass is 79.9. The summed E-state index contributed by atoms with van der Waals surface area (Å²) in [5.41, 5.74) is 0. The molecule has 3 nitrogen and oxygen atoms in total. The van der Waals surface area contributed by atoms with Gasteiger partial charge in [-0.25, -0.2) is 0 Å². The molecule has 11 heteroatoms. The first-order chi connectivity index (χ1) is 10.9. The minimum absolute atomic E-state index is 0.287. The van der Waals surface area contributed by atoms with Crippen molar-refractivity contribution < 1.29 is 35.9 Å². The molecule has 0 bridgehead atoms. The molecule has 0 aromatic heterocycles. The Balaban J connectivity index is 2.79. The number of ketones is 1. The molecule has 24 heavy (non-hydrogen) atoms. The molecule has 0 aliphatic heterocycles. The van der Waals surface area contributed by atoms with Crippen LogP contribution in [0.2, 0.25) is 0 Å². The molecular formula is C13H15Br2F6NO2. The summed E-state index contributed by atoms with van der Waals surface area (Å²) < 4.78 is 76.1. The Morgan fingerprint density at radius 3 is 1.79 bits per heavy atom. The molecule has 0 aromatic rings. The van der Waals surface area contributed by atoms with Gasteiger partial charge in [0.15, 0.2) is 5.92 Å². The summed E-state index contributed by atoms with van der Waals surface area (Å²) in [4.78, 5) is 19.4. The molecule has 1 N–H and O–H groups in total. The van der Waals surface area contributed by atoms with E-state index in [0.717, 1.165) is 19.3 Å². The van der Waals surface area contributed by atoms with Crippen molar-refractivity contribution in [2.75, 3.05) is 0 Å². The van der Waals surface area contributed by atoms with E-state index in [-0.39, 0.29) is 6.04 Å². The van der Waals surface area contributed by atoms with E-state index in [1.54, 1.807) is 0 Å². The van der Waals surface area contributed by atoms with Gasteiger partial charge in [-0.05, 0) is 12.8 Å². The molecule has 0 spiro atoms. The standard InChI is InChI=1S/C13H15Br2F6NO2/c14-7(8(15)10(12(16,17)18)13(19,20)21)9(23)11(24)22-6-4-2-1-3-5-6/h6-8,10H,1-5H2,(H,22,24). The van der Waals surface area contributed by atoms with Crippen LogP contribution in [0.15, 0.2) is 0 Å². The molecule has 0 radical (unpaired) electrons. The fourth-order valence-electron chi connectivity index (χ4n) is 2.49. The van der Waals surface area contributed by atoms with Crippen LogP contribution < -0.4 is 5.32 Å². The second-order valence-electron chi connectivity index (χ2n) is 5.58. The van der Waals surface area contributed by atoms with Crippen LogP contribution in [-0.4, -0.2) is 39.7 Å². The lowest BCUT2D eigenvalue weighted by molar-refractivity contribution is -0.282. The minimum atomic E-state index is -5.61. The summed E-state index contributed by atoms with van der Waals surface area (Å²) in [6.45, 7) is 0. The Morgan fingerprint density at radius 1 is 0.917 bits per heavy atom. The Hall–Kier alpha value is -0.320. The van der Waals surface area contributed by atoms with Gasteiger partial charge in [-0.1, -0.05) is 51.1 Å². The maximum Gasteiger partial charge on any atom is 0.401 e. The Kier molecular flexibility index (Phi) is 7.58. The highest BCUT2D eigenvalue weighted by Crippen LogP contribution is 2.45. The van der Waals surface area contributed by atoms with Gasteiger partial charge in [0.05, 0.1) is 9.65 Å². The summed E-state index contributed by atoms with van der Waals surface area (Å²) in [5.74, 6) is -6.34. The SMILES string of the molecule is O=C(NC1CCCCC1)C(=O)C(Br)C(Br)C(C(F)(F)F)C(F)(F)F. The molecule has 1 amide bonds. The van der Waals surface area contributed by atoms with Gasteiger partial charge in [0.25, 0.3) is 5.91 Å². The Bertz CT molecular complexity index is 448. The highest BCUT2D eigenvalue weighted by Gasteiger charge is 2.61. The first-order valence-electron chi connectivity index (χ1n) is 7.12.